The second-order valence-electron chi connectivity index (χ2n) is 8.36. The number of sulfonamides is 1. The molecule has 172 valence electrons. The zero-order valence-electron chi connectivity index (χ0n) is 18.3. The van der Waals surface area contributed by atoms with Crippen LogP contribution in [0.2, 0.25) is 0 Å². The first kappa shape index (κ1) is 22.8. The maximum Gasteiger partial charge on any atom is 0.251 e. The third kappa shape index (κ3) is 5.88. The molecule has 1 amide bonds. The number of nitrogens with one attached hydrogen (secondary N) is 1. The summed E-state index contributed by atoms with van der Waals surface area (Å²) in [6, 6.07) is 15.0. The van der Waals surface area contributed by atoms with Crippen molar-refractivity contribution >= 4 is 21.6 Å². The van der Waals surface area contributed by atoms with E-state index in [1.165, 1.54) is 5.69 Å². The number of piperidine rings is 1. The lowest BCUT2D eigenvalue weighted by Gasteiger charge is -2.28. The number of hydrogen-bond donors (Lipinski definition) is 1. The van der Waals surface area contributed by atoms with Crippen LogP contribution in [0, 0.1) is 0 Å². The summed E-state index contributed by atoms with van der Waals surface area (Å²) >= 11 is 0. The molecule has 0 aromatic heterocycles. The van der Waals surface area contributed by atoms with E-state index in [0.717, 1.165) is 51.1 Å². The Morgan fingerprint density at radius 3 is 2.12 bits per heavy atom. The van der Waals surface area contributed by atoms with Crippen LogP contribution in [0.3, 0.4) is 0 Å². The van der Waals surface area contributed by atoms with Crippen LogP contribution in [0.4, 0.5) is 5.69 Å². The van der Waals surface area contributed by atoms with E-state index in [1.54, 1.807) is 28.6 Å². The number of benzene rings is 2. The Morgan fingerprint density at radius 2 is 1.47 bits per heavy atom. The quantitative estimate of drug-likeness (QED) is 0.692. The maximum absolute atomic E-state index is 12.6. The molecule has 32 heavy (non-hydrogen) atoms. The molecule has 8 heteroatoms. The molecule has 2 aliphatic rings. The zero-order valence-corrected chi connectivity index (χ0v) is 19.1. The lowest BCUT2D eigenvalue weighted by molar-refractivity contribution is 0.0951. The third-order valence-electron chi connectivity index (χ3n) is 6.04. The first-order chi connectivity index (χ1) is 15.5. The van der Waals surface area contributed by atoms with Crippen molar-refractivity contribution in [2.24, 2.45) is 0 Å². The number of anilines is 1. The van der Waals surface area contributed by atoms with Crippen molar-refractivity contribution in [2.45, 2.75) is 31.6 Å². The molecule has 2 saturated heterocycles. The number of carbonyl (C=O) groups is 1. The fourth-order valence-electron chi connectivity index (χ4n) is 4.13. The molecule has 2 fully saturated rings. The van der Waals surface area contributed by atoms with E-state index in [1.807, 2.05) is 12.1 Å². The van der Waals surface area contributed by atoms with E-state index < -0.39 is 10.0 Å². The van der Waals surface area contributed by atoms with Gasteiger partial charge in [-0.05, 0) is 48.2 Å². The average molecular weight is 458 g/mol. The van der Waals surface area contributed by atoms with Crippen LogP contribution >= 0.6 is 0 Å². The topological polar surface area (TPSA) is 79.0 Å². The van der Waals surface area contributed by atoms with Gasteiger partial charge in [-0.25, -0.2) is 12.7 Å². The smallest absolute Gasteiger partial charge is 0.251 e. The van der Waals surface area contributed by atoms with Gasteiger partial charge in [0.1, 0.15) is 0 Å². The van der Waals surface area contributed by atoms with Crippen LogP contribution in [0.25, 0.3) is 0 Å². The molecule has 0 saturated carbocycles. The molecule has 0 bridgehead atoms. The van der Waals surface area contributed by atoms with Crippen LogP contribution in [0.1, 0.15) is 40.7 Å². The van der Waals surface area contributed by atoms with Gasteiger partial charge >= 0.3 is 0 Å². The molecular weight excluding hydrogens is 426 g/mol. The Labute approximate surface area is 190 Å². The molecule has 2 aliphatic heterocycles. The van der Waals surface area contributed by atoms with Crippen molar-refractivity contribution < 1.29 is 17.9 Å². The Kier molecular flexibility index (Phi) is 7.44. The van der Waals surface area contributed by atoms with Gasteiger partial charge in [0, 0.05) is 44.0 Å². The van der Waals surface area contributed by atoms with Gasteiger partial charge in [0.2, 0.25) is 10.0 Å². The molecule has 0 radical (unpaired) electrons. The highest BCUT2D eigenvalue weighted by Gasteiger charge is 2.24. The number of amides is 1. The lowest BCUT2D eigenvalue weighted by Crippen LogP contribution is -2.36. The Hall–Kier alpha value is -2.42. The van der Waals surface area contributed by atoms with E-state index in [0.29, 0.717) is 30.8 Å². The van der Waals surface area contributed by atoms with Gasteiger partial charge in [-0.1, -0.05) is 30.7 Å². The average Bonchev–Trinajstić information content (AvgIpc) is 2.84. The van der Waals surface area contributed by atoms with Crippen molar-refractivity contribution in [3.8, 4) is 0 Å². The van der Waals surface area contributed by atoms with Gasteiger partial charge in [0.25, 0.3) is 5.91 Å². The first-order valence-corrected chi connectivity index (χ1v) is 12.9. The fraction of sp³-hybridized carbons (Fsp3) is 0.458. The number of rotatable bonds is 7. The van der Waals surface area contributed by atoms with Crippen LogP contribution in [0.5, 0.6) is 0 Å². The first-order valence-electron chi connectivity index (χ1n) is 11.3. The maximum atomic E-state index is 12.6. The van der Waals surface area contributed by atoms with Crippen LogP contribution in [-0.4, -0.2) is 58.0 Å². The highest BCUT2D eigenvalue weighted by atomic mass is 32.2. The summed E-state index contributed by atoms with van der Waals surface area (Å²) in [5.74, 6) is -0.197. The van der Waals surface area contributed by atoms with Gasteiger partial charge in [0.05, 0.1) is 19.0 Å². The largest absolute Gasteiger partial charge is 0.378 e. The molecule has 1 N–H and O–H groups in total. The van der Waals surface area contributed by atoms with E-state index >= 15 is 0 Å². The molecule has 4 rings (SSSR count). The van der Waals surface area contributed by atoms with Crippen molar-refractivity contribution in [3.05, 3.63) is 65.2 Å². The van der Waals surface area contributed by atoms with Gasteiger partial charge in [-0.15, -0.1) is 0 Å². The van der Waals surface area contributed by atoms with Crippen LogP contribution < -0.4 is 10.2 Å². The van der Waals surface area contributed by atoms with Crippen molar-refractivity contribution in [2.75, 3.05) is 44.3 Å². The van der Waals surface area contributed by atoms with Crippen molar-refractivity contribution in [1.29, 1.82) is 0 Å². The highest BCUT2D eigenvalue weighted by Crippen LogP contribution is 2.18. The molecule has 0 unspecified atom stereocenters. The number of hydrogen-bond acceptors (Lipinski definition) is 5. The number of carbonyl (C=O) groups excluding carboxylic acids is 1. The predicted molar refractivity (Wildman–Crippen MR) is 125 cm³/mol. The summed E-state index contributed by atoms with van der Waals surface area (Å²) in [7, 11) is -3.31. The number of ether oxygens (including phenoxy) is 1. The molecule has 7 nitrogen and oxygen atoms in total. The minimum absolute atomic E-state index is 0.0234. The Bertz CT molecular complexity index is 995. The molecule has 2 aromatic rings. The van der Waals surface area contributed by atoms with Gasteiger partial charge in [-0.2, -0.15) is 0 Å². The van der Waals surface area contributed by atoms with E-state index in [9.17, 15) is 13.2 Å². The second-order valence-corrected chi connectivity index (χ2v) is 10.3. The van der Waals surface area contributed by atoms with Crippen molar-refractivity contribution in [1.82, 2.24) is 9.62 Å². The molecular formula is C24H31N3O4S. The van der Waals surface area contributed by atoms with Gasteiger partial charge in [0.15, 0.2) is 0 Å². The monoisotopic (exact) mass is 457 g/mol. The number of morpholine rings is 1. The Morgan fingerprint density at radius 1 is 0.844 bits per heavy atom. The van der Waals surface area contributed by atoms with E-state index in [2.05, 4.69) is 22.3 Å². The highest BCUT2D eigenvalue weighted by molar-refractivity contribution is 7.88. The standard InChI is InChI=1S/C24H31N3O4S/c28-24(25-18-20-6-10-23(11-7-20)26-14-16-31-17-15-26)22-8-4-21(5-9-22)19-32(29,30)27-12-2-1-3-13-27/h4-11H,1-3,12-19H2,(H,25,28). The summed E-state index contributed by atoms with van der Waals surface area (Å²) in [4.78, 5) is 14.8. The minimum Gasteiger partial charge on any atom is -0.378 e. The molecule has 0 atom stereocenters. The number of nitrogens with zero attached hydrogens (tertiary/aromatic N) is 2. The van der Waals surface area contributed by atoms with Crippen LogP contribution in [0.15, 0.2) is 48.5 Å². The van der Waals surface area contributed by atoms with E-state index in [-0.39, 0.29) is 11.7 Å². The molecule has 2 aromatic carbocycles. The van der Waals surface area contributed by atoms with Crippen molar-refractivity contribution in [3.63, 3.8) is 0 Å². The molecule has 2 heterocycles. The summed E-state index contributed by atoms with van der Waals surface area (Å²) in [5.41, 5.74) is 3.41. The SMILES string of the molecule is O=C(NCc1ccc(N2CCOCC2)cc1)c1ccc(CS(=O)(=O)N2CCCCC2)cc1. The van der Waals surface area contributed by atoms with Gasteiger partial charge < -0.3 is 15.0 Å². The third-order valence-corrected chi connectivity index (χ3v) is 7.89. The summed E-state index contributed by atoms with van der Waals surface area (Å²) in [6.45, 7) is 4.94. The van der Waals surface area contributed by atoms with Gasteiger partial charge in [-0.3, -0.25) is 4.79 Å². The van der Waals surface area contributed by atoms with E-state index in [4.69, 9.17) is 4.74 Å². The minimum atomic E-state index is -3.31. The summed E-state index contributed by atoms with van der Waals surface area (Å²) in [6.07, 6.45) is 2.94. The molecule has 0 spiro atoms. The Balaban J connectivity index is 1.29. The molecule has 0 aliphatic carbocycles. The fourth-order valence-corrected chi connectivity index (χ4v) is 5.74. The summed E-state index contributed by atoms with van der Waals surface area (Å²) in [5, 5.41) is 2.93. The zero-order chi connectivity index (χ0) is 22.4. The lowest BCUT2D eigenvalue weighted by atomic mass is 10.1. The second kappa shape index (κ2) is 10.5. The normalized spacial score (nSPS) is 17.8. The van der Waals surface area contributed by atoms with Crippen LogP contribution in [-0.2, 0) is 27.1 Å². The predicted octanol–water partition coefficient (Wildman–Crippen LogP) is 2.77. The summed E-state index contributed by atoms with van der Waals surface area (Å²) < 4.78 is 32.2.